The summed E-state index contributed by atoms with van der Waals surface area (Å²) in [5.41, 5.74) is 2.53. The lowest BCUT2D eigenvalue weighted by Crippen LogP contribution is -2.26. The largest absolute Gasteiger partial charge is 0.326 e. The molecule has 5 nitrogen and oxygen atoms in total. The number of aryl methyl sites for hydroxylation is 1. The van der Waals surface area contributed by atoms with Gasteiger partial charge < -0.3 is 5.32 Å². The molecule has 0 aliphatic heterocycles. The molecular weight excluding hydrogens is 324 g/mol. The third-order valence-electron chi connectivity index (χ3n) is 3.20. The molecule has 0 radical (unpaired) electrons. The van der Waals surface area contributed by atoms with Gasteiger partial charge in [-0.05, 0) is 36.3 Å². The van der Waals surface area contributed by atoms with Crippen LogP contribution in [0.4, 0.5) is 5.69 Å². The van der Waals surface area contributed by atoms with E-state index in [1.54, 1.807) is 18.2 Å². The molecule has 0 atom stereocenters. The monoisotopic (exact) mass is 344 g/mol. The van der Waals surface area contributed by atoms with Crippen LogP contribution in [-0.4, -0.2) is 20.9 Å². The Hall–Kier alpha value is -2.44. The molecule has 2 aromatic rings. The molecule has 0 unspecified atom stereocenters. The Balaban J connectivity index is 1.80. The van der Waals surface area contributed by atoms with E-state index in [-0.39, 0.29) is 18.9 Å². The average Bonchev–Trinajstić information content (AvgIpc) is 2.54. The standard InChI is InChI=1S/C18H20N2O3S/c1-15-6-5-9-17(14-15)20-18(21)10-12-19-24(22,23)13-11-16-7-3-2-4-8-16/h2-9,11,13-14,19H,10,12H2,1H3,(H,20,21)/b13-11+. The van der Waals surface area contributed by atoms with E-state index in [1.807, 2.05) is 43.3 Å². The Morgan fingerprint density at radius 1 is 1.08 bits per heavy atom. The number of nitrogens with one attached hydrogen (secondary N) is 2. The molecule has 0 fully saturated rings. The van der Waals surface area contributed by atoms with E-state index < -0.39 is 10.0 Å². The van der Waals surface area contributed by atoms with Crippen LogP contribution < -0.4 is 10.0 Å². The number of amides is 1. The van der Waals surface area contributed by atoms with Crippen molar-refractivity contribution < 1.29 is 13.2 Å². The minimum absolute atomic E-state index is 0.0408. The quantitative estimate of drug-likeness (QED) is 0.811. The van der Waals surface area contributed by atoms with Gasteiger partial charge in [0.15, 0.2) is 0 Å². The lowest BCUT2D eigenvalue weighted by Gasteiger charge is -2.06. The molecular formula is C18H20N2O3S. The number of carbonyl (C=O) groups excluding carboxylic acids is 1. The van der Waals surface area contributed by atoms with Crippen LogP contribution in [0.25, 0.3) is 6.08 Å². The summed E-state index contributed by atoms with van der Waals surface area (Å²) in [5, 5.41) is 3.83. The first-order valence-electron chi connectivity index (χ1n) is 7.54. The molecule has 0 heterocycles. The number of anilines is 1. The lowest BCUT2D eigenvalue weighted by molar-refractivity contribution is -0.116. The number of hydrogen-bond donors (Lipinski definition) is 2. The summed E-state index contributed by atoms with van der Waals surface area (Å²) in [6, 6.07) is 16.6. The molecule has 2 rings (SSSR count). The first-order chi connectivity index (χ1) is 11.4. The van der Waals surface area contributed by atoms with E-state index in [0.717, 1.165) is 16.5 Å². The van der Waals surface area contributed by atoms with Crippen LogP contribution in [0.2, 0.25) is 0 Å². The fourth-order valence-electron chi connectivity index (χ4n) is 2.03. The molecule has 0 aromatic heterocycles. The van der Waals surface area contributed by atoms with Crippen molar-refractivity contribution in [1.82, 2.24) is 4.72 Å². The Morgan fingerprint density at radius 2 is 1.83 bits per heavy atom. The van der Waals surface area contributed by atoms with Crippen molar-refractivity contribution in [3.63, 3.8) is 0 Å². The van der Waals surface area contributed by atoms with Crippen molar-refractivity contribution >= 4 is 27.7 Å². The van der Waals surface area contributed by atoms with Crippen LogP contribution >= 0.6 is 0 Å². The first-order valence-corrected chi connectivity index (χ1v) is 9.08. The maximum Gasteiger partial charge on any atom is 0.233 e. The van der Waals surface area contributed by atoms with Crippen molar-refractivity contribution in [2.24, 2.45) is 0 Å². The number of benzene rings is 2. The molecule has 0 aliphatic carbocycles. The topological polar surface area (TPSA) is 75.3 Å². The summed E-state index contributed by atoms with van der Waals surface area (Å²) in [6.07, 6.45) is 1.57. The number of rotatable bonds is 7. The van der Waals surface area contributed by atoms with E-state index in [4.69, 9.17) is 0 Å². The highest BCUT2D eigenvalue weighted by Crippen LogP contribution is 2.09. The van der Waals surface area contributed by atoms with Gasteiger partial charge in [-0.15, -0.1) is 0 Å². The van der Waals surface area contributed by atoms with E-state index in [9.17, 15) is 13.2 Å². The minimum atomic E-state index is -3.57. The molecule has 6 heteroatoms. The Labute approximate surface area is 142 Å². The molecule has 0 spiro atoms. The zero-order chi connectivity index (χ0) is 17.4. The van der Waals surface area contributed by atoms with E-state index in [1.165, 1.54) is 6.08 Å². The highest BCUT2D eigenvalue weighted by Gasteiger charge is 2.07. The van der Waals surface area contributed by atoms with Crippen molar-refractivity contribution in [2.45, 2.75) is 13.3 Å². The second-order valence-electron chi connectivity index (χ2n) is 5.32. The molecule has 1 amide bonds. The van der Waals surface area contributed by atoms with Gasteiger partial charge in [0.25, 0.3) is 0 Å². The first kappa shape index (κ1) is 17.9. The SMILES string of the molecule is Cc1cccc(NC(=O)CCNS(=O)(=O)/C=C/c2ccccc2)c1. The summed E-state index contributed by atoms with van der Waals surface area (Å²) in [6.45, 7) is 1.97. The van der Waals surface area contributed by atoms with Gasteiger partial charge in [0.1, 0.15) is 0 Å². The van der Waals surface area contributed by atoms with Crippen molar-refractivity contribution in [3.8, 4) is 0 Å². The number of sulfonamides is 1. The van der Waals surface area contributed by atoms with E-state index in [0.29, 0.717) is 5.69 Å². The molecule has 2 aromatic carbocycles. The predicted octanol–water partition coefficient (Wildman–Crippen LogP) is 2.91. The number of carbonyl (C=O) groups is 1. The second kappa shape index (κ2) is 8.42. The van der Waals surface area contributed by atoms with Gasteiger partial charge in [-0.25, -0.2) is 13.1 Å². The molecule has 0 saturated carbocycles. The third-order valence-corrected chi connectivity index (χ3v) is 4.30. The predicted molar refractivity (Wildman–Crippen MR) is 96.8 cm³/mol. The van der Waals surface area contributed by atoms with Crippen molar-refractivity contribution in [3.05, 3.63) is 71.1 Å². The summed E-state index contributed by atoms with van der Waals surface area (Å²) >= 11 is 0. The van der Waals surface area contributed by atoms with Crippen LogP contribution in [0.15, 0.2) is 60.0 Å². The third kappa shape index (κ3) is 6.36. The zero-order valence-corrected chi connectivity index (χ0v) is 14.2. The fraction of sp³-hybridized carbons (Fsp3) is 0.167. The highest BCUT2D eigenvalue weighted by atomic mass is 32.2. The van der Waals surface area contributed by atoms with Gasteiger partial charge in [-0.3, -0.25) is 4.79 Å². The van der Waals surface area contributed by atoms with Crippen LogP contribution in [0, 0.1) is 6.92 Å². The molecule has 0 saturated heterocycles. The van der Waals surface area contributed by atoms with Gasteiger partial charge in [-0.1, -0.05) is 42.5 Å². The zero-order valence-electron chi connectivity index (χ0n) is 13.4. The maximum absolute atomic E-state index is 11.9. The summed E-state index contributed by atoms with van der Waals surface area (Å²) in [7, 11) is -3.57. The summed E-state index contributed by atoms with van der Waals surface area (Å²) in [4.78, 5) is 11.8. The Kier molecular flexibility index (Phi) is 6.28. The van der Waals surface area contributed by atoms with E-state index in [2.05, 4.69) is 10.0 Å². The van der Waals surface area contributed by atoms with Crippen LogP contribution in [0.1, 0.15) is 17.5 Å². The molecule has 24 heavy (non-hydrogen) atoms. The van der Waals surface area contributed by atoms with Crippen LogP contribution in [0.3, 0.4) is 0 Å². The maximum atomic E-state index is 11.9. The van der Waals surface area contributed by atoms with Gasteiger partial charge in [0.2, 0.25) is 15.9 Å². The Morgan fingerprint density at radius 3 is 2.54 bits per heavy atom. The van der Waals surface area contributed by atoms with Gasteiger partial charge in [0, 0.05) is 24.1 Å². The fourth-order valence-corrected chi connectivity index (χ4v) is 2.85. The molecule has 2 N–H and O–H groups in total. The summed E-state index contributed by atoms with van der Waals surface area (Å²) < 4.78 is 26.1. The average molecular weight is 344 g/mol. The smallest absolute Gasteiger partial charge is 0.233 e. The molecule has 126 valence electrons. The van der Waals surface area contributed by atoms with Crippen molar-refractivity contribution in [2.75, 3.05) is 11.9 Å². The molecule has 0 aliphatic rings. The summed E-state index contributed by atoms with van der Waals surface area (Å²) in [5.74, 6) is -0.240. The lowest BCUT2D eigenvalue weighted by atomic mass is 10.2. The van der Waals surface area contributed by atoms with Crippen LogP contribution in [0.5, 0.6) is 0 Å². The van der Waals surface area contributed by atoms with Gasteiger partial charge >= 0.3 is 0 Å². The van der Waals surface area contributed by atoms with Gasteiger partial charge in [0.05, 0.1) is 0 Å². The van der Waals surface area contributed by atoms with Crippen LogP contribution in [-0.2, 0) is 14.8 Å². The Bertz CT molecular complexity index is 815. The number of hydrogen-bond acceptors (Lipinski definition) is 3. The highest BCUT2D eigenvalue weighted by molar-refractivity contribution is 7.92. The van der Waals surface area contributed by atoms with Crippen molar-refractivity contribution in [1.29, 1.82) is 0 Å². The molecule has 0 bridgehead atoms. The van der Waals surface area contributed by atoms with Gasteiger partial charge in [-0.2, -0.15) is 0 Å². The minimum Gasteiger partial charge on any atom is -0.326 e. The van der Waals surface area contributed by atoms with E-state index >= 15 is 0 Å². The second-order valence-corrected chi connectivity index (χ2v) is 6.97. The normalized spacial score (nSPS) is 11.5.